The molecule has 12 heteroatoms. The molecule has 2 aromatic carbocycles. The highest BCUT2D eigenvalue weighted by Gasteiger charge is 2.32. The van der Waals surface area contributed by atoms with Crippen molar-refractivity contribution >= 4 is 40.1 Å². The standard InChI is InChI=1S/C34H32F2N8O2/c35-23-6-13-31-42-29(20-43(31)19-23)34(46)41-26-9-7-25(8-10-26)40-33(45)28-15-24(36)17-37-32(28)39-27-11-12-30-22(14-27)16-38-44(30)18-21-4-2-1-3-5-21/h1-6,11-17,19,25-26,29H,7-10,18,20H2,(H,37,39)(H,40,45)(H,41,46). The zero-order valence-electron chi connectivity index (χ0n) is 24.9. The lowest BCUT2D eigenvalue weighted by atomic mass is 9.90. The van der Waals surface area contributed by atoms with Gasteiger partial charge in [-0.05, 0) is 67.7 Å². The van der Waals surface area contributed by atoms with Gasteiger partial charge in [-0.15, -0.1) is 0 Å². The van der Waals surface area contributed by atoms with Crippen LogP contribution in [0.4, 0.5) is 20.3 Å². The number of hydrogen-bond donors (Lipinski definition) is 3. The third kappa shape index (κ3) is 6.37. The number of rotatable bonds is 8. The van der Waals surface area contributed by atoms with Crippen molar-refractivity contribution in [3.05, 3.63) is 108 Å². The van der Waals surface area contributed by atoms with Crippen molar-refractivity contribution in [2.24, 2.45) is 4.99 Å². The van der Waals surface area contributed by atoms with E-state index in [1.165, 1.54) is 18.3 Å². The van der Waals surface area contributed by atoms with Crippen LogP contribution >= 0.6 is 0 Å². The van der Waals surface area contributed by atoms with E-state index in [0.717, 1.165) is 22.7 Å². The van der Waals surface area contributed by atoms with Crippen LogP contribution in [0, 0.1) is 5.82 Å². The van der Waals surface area contributed by atoms with Crippen molar-refractivity contribution < 1.29 is 18.4 Å². The maximum atomic E-state index is 14.3. The fourth-order valence-corrected chi connectivity index (χ4v) is 6.14. The first-order chi connectivity index (χ1) is 22.4. The number of aliphatic imine (C=N–C) groups is 1. The van der Waals surface area contributed by atoms with Gasteiger partial charge in [-0.1, -0.05) is 30.3 Å². The summed E-state index contributed by atoms with van der Waals surface area (Å²) >= 11 is 0. The Labute approximate surface area is 263 Å². The van der Waals surface area contributed by atoms with Gasteiger partial charge in [-0.25, -0.2) is 13.8 Å². The molecule has 2 amide bonds. The molecular formula is C34H32F2N8O2. The number of pyridine rings is 1. The molecule has 1 fully saturated rings. The van der Waals surface area contributed by atoms with Crippen LogP contribution in [0.15, 0.2) is 96.2 Å². The minimum atomic E-state index is -0.611. The summed E-state index contributed by atoms with van der Waals surface area (Å²) in [6, 6.07) is 16.2. The van der Waals surface area contributed by atoms with Crippen molar-refractivity contribution in [3.8, 4) is 0 Å². The van der Waals surface area contributed by atoms with Crippen molar-refractivity contribution in [1.29, 1.82) is 0 Å². The Morgan fingerprint density at radius 1 is 0.913 bits per heavy atom. The minimum Gasteiger partial charge on any atom is -0.351 e. The van der Waals surface area contributed by atoms with E-state index < -0.39 is 17.8 Å². The van der Waals surface area contributed by atoms with Gasteiger partial charge < -0.3 is 20.9 Å². The number of nitrogens with zero attached hydrogens (tertiary/aromatic N) is 5. The number of carbonyl (C=O) groups excluding carboxylic acids is 2. The average Bonchev–Trinajstić information content (AvgIpc) is 3.67. The second kappa shape index (κ2) is 12.5. The predicted octanol–water partition coefficient (Wildman–Crippen LogP) is 4.98. The fourth-order valence-electron chi connectivity index (χ4n) is 6.14. The van der Waals surface area contributed by atoms with E-state index in [2.05, 4.69) is 43.2 Å². The van der Waals surface area contributed by atoms with E-state index in [9.17, 15) is 18.4 Å². The number of amidine groups is 1. The summed E-state index contributed by atoms with van der Waals surface area (Å²) in [7, 11) is 0. The Hall–Kier alpha value is -5.39. The molecule has 0 radical (unpaired) electrons. The summed E-state index contributed by atoms with van der Waals surface area (Å²) in [5, 5.41) is 14.7. The molecule has 2 aliphatic heterocycles. The van der Waals surface area contributed by atoms with Gasteiger partial charge in [0.15, 0.2) is 0 Å². The second-order valence-electron chi connectivity index (χ2n) is 11.8. The number of carbonyl (C=O) groups is 2. The number of benzene rings is 2. The van der Waals surface area contributed by atoms with Gasteiger partial charge >= 0.3 is 0 Å². The van der Waals surface area contributed by atoms with Crippen LogP contribution in [-0.4, -0.2) is 62.0 Å². The molecule has 10 nitrogen and oxygen atoms in total. The molecule has 46 heavy (non-hydrogen) atoms. The number of fused-ring (bicyclic) bond motifs is 2. The van der Waals surface area contributed by atoms with Crippen molar-refractivity contribution in [2.75, 3.05) is 11.9 Å². The van der Waals surface area contributed by atoms with Crippen LogP contribution in [0.5, 0.6) is 0 Å². The molecule has 234 valence electrons. The van der Waals surface area contributed by atoms with E-state index in [-0.39, 0.29) is 35.2 Å². The zero-order chi connectivity index (χ0) is 31.6. The number of halogens is 2. The number of amides is 2. The molecule has 4 heterocycles. The van der Waals surface area contributed by atoms with Crippen LogP contribution in [0.2, 0.25) is 0 Å². The van der Waals surface area contributed by atoms with Gasteiger partial charge in [0.2, 0.25) is 5.91 Å². The maximum absolute atomic E-state index is 14.3. The lowest BCUT2D eigenvalue weighted by Gasteiger charge is -2.30. The molecule has 7 rings (SSSR count). The number of nitrogens with one attached hydrogen (secondary N) is 3. The summed E-state index contributed by atoms with van der Waals surface area (Å²) in [6.07, 6.45) is 9.73. The Morgan fingerprint density at radius 3 is 2.50 bits per heavy atom. The minimum absolute atomic E-state index is 0.0543. The van der Waals surface area contributed by atoms with E-state index in [1.54, 1.807) is 17.2 Å². The summed E-state index contributed by atoms with van der Waals surface area (Å²) in [6.45, 7) is 0.940. The molecule has 2 aromatic heterocycles. The normalized spacial score (nSPS) is 20.6. The third-order valence-corrected chi connectivity index (χ3v) is 8.51. The maximum Gasteiger partial charge on any atom is 0.255 e. The molecule has 1 unspecified atom stereocenters. The summed E-state index contributed by atoms with van der Waals surface area (Å²) < 4.78 is 29.7. The van der Waals surface area contributed by atoms with E-state index in [1.807, 2.05) is 41.1 Å². The van der Waals surface area contributed by atoms with E-state index in [4.69, 9.17) is 0 Å². The molecular weight excluding hydrogens is 590 g/mol. The number of allylic oxidation sites excluding steroid dienone is 2. The van der Waals surface area contributed by atoms with Crippen LogP contribution in [-0.2, 0) is 11.3 Å². The first kappa shape index (κ1) is 29.3. The fraction of sp³-hybridized carbons (Fsp3) is 0.265. The molecule has 0 spiro atoms. The van der Waals surface area contributed by atoms with Crippen LogP contribution in [0.25, 0.3) is 10.9 Å². The summed E-state index contributed by atoms with van der Waals surface area (Å²) in [5.41, 5.74) is 2.90. The average molecular weight is 623 g/mol. The van der Waals surface area contributed by atoms with Crippen LogP contribution < -0.4 is 16.0 Å². The monoisotopic (exact) mass is 622 g/mol. The van der Waals surface area contributed by atoms with Crippen molar-refractivity contribution in [3.63, 3.8) is 0 Å². The molecule has 0 bridgehead atoms. The Kier molecular flexibility index (Phi) is 8.00. The zero-order valence-corrected chi connectivity index (χ0v) is 24.9. The highest BCUT2D eigenvalue weighted by atomic mass is 19.1. The molecule has 1 aliphatic carbocycles. The van der Waals surface area contributed by atoms with Crippen LogP contribution in [0.1, 0.15) is 41.6 Å². The second-order valence-corrected chi connectivity index (χ2v) is 11.8. The molecule has 3 N–H and O–H groups in total. The van der Waals surface area contributed by atoms with Gasteiger partial charge in [0.1, 0.15) is 29.3 Å². The predicted molar refractivity (Wildman–Crippen MR) is 171 cm³/mol. The van der Waals surface area contributed by atoms with Gasteiger partial charge in [0.05, 0.1) is 36.6 Å². The number of anilines is 2. The van der Waals surface area contributed by atoms with Crippen molar-refractivity contribution in [2.45, 2.75) is 50.4 Å². The largest absolute Gasteiger partial charge is 0.351 e. The lowest BCUT2D eigenvalue weighted by molar-refractivity contribution is -0.123. The first-order valence-electron chi connectivity index (χ1n) is 15.3. The van der Waals surface area contributed by atoms with Gasteiger partial charge in [0, 0.05) is 29.4 Å². The lowest BCUT2D eigenvalue weighted by Crippen LogP contribution is -2.46. The highest BCUT2D eigenvalue weighted by Crippen LogP contribution is 2.26. The van der Waals surface area contributed by atoms with Gasteiger partial charge in [-0.3, -0.25) is 19.3 Å². The van der Waals surface area contributed by atoms with Crippen LogP contribution in [0.3, 0.4) is 0 Å². The molecule has 1 atom stereocenters. The first-order valence-corrected chi connectivity index (χ1v) is 15.3. The topological polar surface area (TPSA) is 117 Å². The molecule has 4 aromatic rings. The Morgan fingerprint density at radius 2 is 1.70 bits per heavy atom. The number of aromatic nitrogens is 3. The SMILES string of the molecule is O=C(NC1CCC(NC(=O)C2CN3C=C(F)C=CC3=N2)CC1)c1cc(F)cnc1Nc1ccc2c(cnn2Cc2ccccc2)c1. The smallest absolute Gasteiger partial charge is 0.255 e. The molecule has 0 saturated heterocycles. The Balaban J connectivity index is 0.953. The molecule has 3 aliphatic rings. The molecule has 1 saturated carbocycles. The van der Waals surface area contributed by atoms with Gasteiger partial charge in [0.25, 0.3) is 5.91 Å². The highest BCUT2D eigenvalue weighted by molar-refractivity contribution is 6.00. The number of hydrogen-bond acceptors (Lipinski definition) is 7. The third-order valence-electron chi connectivity index (χ3n) is 8.51. The van der Waals surface area contributed by atoms with E-state index >= 15 is 0 Å². The summed E-state index contributed by atoms with van der Waals surface area (Å²) in [4.78, 5) is 36.4. The Bertz CT molecular complexity index is 1880. The summed E-state index contributed by atoms with van der Waals surface area (Å²) in [5.74, 6) is -0.786. The quantitative estimate of drug-likeness (QED) is 0.255. The van der Waals surface area contributed by atoms with Crippen molar-refractivity contribution in [1.82, 2.24) is 30.3 Å². The van der Waals surface area contributed by atoms with Gasteiger partial charge in [-0.2, -0.15) is 5.10 Å². The van der Waals surface area contributed by atoms with E-state index in [0.29, 0.717) is 50.3 Å².